The van der Waals surface area contributed by atoms with Crippen molar-refractivity contribution < 1.29 is 4.42 Å². The molecule has 2 aromatic rings. The summed E-state index contributed by atoms with van der Waals surface area (Å²) in [7, 11) is 0. The Hall–Kier alpha value is -1.55. The standard InChI is InChI=1S/C13H19N3O/c1-4-10-5-6-12(17-10)13(14)11-7-8-15-16(11)9(2)3/h5-9,13H,4,14H2,1-3H3. The molecule has 0 saturated carbocycles. The van der Waals surface area contributed by atoms with Crippen molar-refractivity contribution in [2.45, 2.75) is 39.3 Å². The van der Waals surface area contributed by atoms with Gasteiger partial charge >= 0.3 is 0 Å². The molecule has 0 spiro atoms. The minimum absolute atomic E-state index is 0.250. The van der Waals surface area contributed by atoms with Crippen LogP contribution in [0.4, 0.5) is 0 Å². The molecule has 17 heavy (non-hydrogen) atoms. The quantitative estimate of drug-likeness (QED) is 0.883. The first kappa shape index (κ1) is 11.9. The van der Waals surface area contributed by atoms with Crippen molar-refractivity contribution in [1.82, 2.24) is 9.78 Å². The number of nitrogens with two attached hydrogens (primary N) is 1. The maximum atomic E-state index is 6.21. The number of nitrogens with zero attached hydrogens (tertiary/aromatic N) is 2. The molecule has 0 aromatic carbocycles. The van der Waals surface area contributed by atoms with Crippen LogP contribution in [0.25, 0.3) is 0 Å². The van der Waals surface area contributed by atoms with Crippen LogP contribution < -0.4 is 5.73 Å². The highest BCUT2D eigenvalue weighted by Crippen LogP contribution is 2.23. The van der Waals surface area contributed by atoms with Gasteiger partial charge in [0.2, 0.25) is 0 Å². The molecular weight excluding hydrogens is 214 g/mol. The van der Waals surface area contributed by atoms with Gasteiger partial charge in [-0.25, -0.2) is 0 Å². The highest BCUT2D eigenvalue weighted by molar-refractivity contribution is 5.21. The van der Waals surface area contributed by atoms with Crippen LogP contribution in [0.2, 0.25) is 0 Å². The van der Waals surface area contributed by atoms with Crippen molar-refractivity contribution in [3.8, 4) is 0 Å². The van der Waals surface area contributed by atoms with E-state index in [1.807, 2.05) is 22.9 Å². The lowest BCUT2D eigenvalue weighted by Crippen LogP contribution is -2.18. The lowest BCUT2D eigenvalue weighted by atomic mass is 10.1. The normalized spacial score (nSPS) is 13.2. The Morgan fingerprint density at radius 2 is 2.12 bits per heavy atom. The van der Waals surface area contributed by atoms with Gasteiger partial charge in [-0.05, 0) is 32.0 Å². The molecule has 2 aromatic heterocycles. The van der Waals surface area contributed by atoms with E-state index in [1.165, 1.54) is 0 Å². The molecule has 0 saturated heterocycles. The Morgan fingerprint density at radius 3 is 2.71 bits per heavy atom. The van der Waals surface area contributed by atoms with Crippen molar-refractivity contribution in [3.63, 3.8) is 0 Å². The third-order valence-corrected chi connectivity index (χ3v) is 2.85. The van der Waals surface area contributed by atoms with E-state index >= 15 is 0 Å². The van der Waals surface area contributed by atoms with Gasteiger partial charge in [0.1, 0.15) is 17.6 Å². The molecule has 2 heterocycles. The zero-order chi connectivity index (χ0) is 12.4. The number of hydrogen-bond acceptors (Lipinski definition) is 3. The van der Waals surface area contributed by atoms with E-state index < -0.39 is 0 Å². The number of rotatable bonds is 4. The summed E-state index contributed by atoms with van der Waals surface area (Å²) in [5, 5.41) is 4.28. The highest BCUT2D eigenvalue weighted by atomic mass is 16.3. The topological polar surface area (TPSA) is 57.0 Å². The smallest absolute Gasteiger partial charge is 0.127 e. The second-order valence-corrected chi connectivity index (χ2v) is 4.43. The van der Waals surface area contributed by atoms with Crippen LogP contribution in [0.5, 0.6) is 0 Å². The van der Waals surface area contributed by atoms with Gasteiger partial charge in [0.15, 0.2) is 0 Å². The molecule has 2 rings (SSSR count). The summed E-state index contributed by atoms with van der Waals surface area (Å²) in [6, 6.07) is 5.91. The van der Waals surface area contributed by atoms with Gasteiger partial charge in [0.25, 0.3) is 0 Å². The summed E-state index contributed by atoms with van der Waals surface area (Å²) in [4.78, 5) is 0. The number of furan rings is 1. The summed E-state index contributed by atoms with van der Waals surface area (Å²) in [5.74, 6) is 1.76. The van der Waals surface area contributed by atoms with Gasteiger partial charge in [-0.3, -0.25) is 4.68 Å². The summed E-state index contributed by atoms with van der Waals surface area (Å²) in [6.07, 6.45) is 2.66. The second-order valence-electron chi connectivity index (χ2n) is 4.43. The van der Waals surface area contributed by atoms with E-state index in [0.717, 1.165) is 23.6 Å². The summed E-state index contributed by atoms with van der Waals surface area (Å²) in [5.41, 5.74) is 7.20. The van der Waals surface area contributed by atoms with E-state index in [-0.39, 0.29) is 6.04 Å². The lowest BCUT2D eigenvalue weighted by Gasteiger charge is -2.15. The zero-order valence-electron chi connectivity index (χ0n) is 10.6. The van der Waals surface area contributed by atoms with E-state index in [1.54, 1.807) is 6.20 Å². The van der Waals surface area contributed by atoms with Gasteiger partial charge in [0, 0.05) is 18.7 Å². The van der Waals surface area contributed by atoms with Crippen LogP contribution in [-0.4, -0.2) is 9.78 Å². The maximum absolute atomic E-state index is 6.21. The van der Waals surface area contributed by atoms with E-state index in [9.17, 15) is 0 Å². The van der Waals surface area contributed by atoms with Gasteiger partial charge in [0.05, 0.1) is 5.69 Å². The van der Waals surface area contributed by atoms with Crippen LogP contribution in [0.3, 0.4) is 0 Å². The molecule has 92 valence electrons. The molecule has 4 heteroatoms. The summed E-state index contributed by atoms with van der Waals surface area (Å²) >= 11 is 0. The average molecular weight is 233 g/mol. The van der Waals surface area contributed by atoms with Crippen LogP contribution in [0.1, 0.15) is 50.1 Å². The van der Waals surface area contributed by atoms with Crippen molar-refractivity contribution in [2.75, 3.05) is 0 Å². The monoisotopic (exact) mass is 233 g/mol. The number of aromatic nitrogens is 2. The summed E-state index contributed by atoms with van der Waals surface area (Å²) in [6.45, 7) is 6.23. The molecule has 0 amide bonds. The maximum Gasteiger partial charge on any atom is 0.127 e. The molecule has 0 fully saturated rings. The van der Waals surface area contributed by atoms with E-state index in [0.29, 0.717) is 6.04 Å². The fourth-order valence-electron chi connectivity index (χ4n) is 1.90. The molecule has 0 aliphatic rings. The largest absolute Gasteiger partial charge is 0.464 e. The predicted molar refractivity (Wildman–Crippen MR) is 66.7 cm³/mol. The SMILES string of the molecule is CCc1ccc(C(N)c2ccnn2C(C)C)o1. The Kier molecular flexibility index (Phi) is 3.33. The van der Waals surface area contributed by atoms with Crippen LogP contribution >= 0.6 is 0 Å². The van der Waals surface area contributed by atoms with Gasteiger partial charge in [-0.2, -0.15) is 5.10 Å². The molecule has 1 unspecified atom stereocenters. The summed E-state index contributed by atoms with van der Waals surface area (Å²) < 4.78 is 7.62. The Bertz CT molecular complexity index is 484. The molecule has 0 aliphatic carbocycles. The van der Waals surface area contributed by atoms with E-state index in [4.69, 9.17) is 10.2 Å². The fourth-order valence-corrected chi connectivity index (χ4v) is 1.90. The molecule has 0 radical (unpaired) electrons. The van der Waals surface area contributed by atoms with Crippen molar-refractivity contribution >= 4 is 0 Å². The first-order valence-electron chi connectivity index (χ1n) is 6.01. The van der Waals surface area contributed by atoms with Gasteiger partial charge < -0.3 is 10.2 Å². The molecule has 0 bridgehead atoms. The van der Waals surface area contributed by atoms with Gasteiger partial charge in [-0.15, -0.1) is 0 Å². The van der Waals surface area contributed by atoms with Crippen LogP contribution in [0, 0.1) is 0 Å². The molecule has 0 aliphatic heterocycles. The predicted octanol–water partition coefficient (Wildman–Crippen LogP) is 2.67. The Morgan fingerprint density at radius 1 is 1.35 bits per heavy atom. The minimum Gasteiger partial charge on any atom is -0.464 e. The highest BCUT2D eigenvalue weighted by Gasteiger charge is 2.18. The van der Waals surface area contributed by atoms with Crippen LogP contribution in [-0.2, 0) is 6.42 Å². The number of hydrogen-bond donors (Lipinski definition) is 1. The van der Waals surface area contributed by atoms with E-state index in [2.05, 4.69) is 25.9 Å². The van der Waals surface area contributed by atoms with Crippen molar-refractivity contribution in [2.24, 2.45) is 5.73 Å². The molecule has 4 nitrogen and oxygen atoms in total. The first-order valence-corrected chi connectivity index (χ1v) is 6.01. The Balaban J connectivity index is 2.30. The molecule has 2 N–H and O–H groups in total. The third-order valence-electron chi connectivity index (χ3n) is 2.85. The fraction of sp³-hybridized carbons (Fsp3) is 0.462. The zero-order valence-corrected chi connectivity index (χ0v) is 10.6. The average Bonchev–Trinajstić information content (AvgIpc) is 2.97. The van der Waals surface area contributed by atoms with Crippen LogP contribution in [0.15, 0.2) is 28.8 Å². The Labute approximate surface area is 101 Å². The first-order chi connectivity index (χ1) is 8.13. The van der Waals surface area contributed by atoms with Crippen molar-refractivity contribution in [3.05, 3.63) is 41.6 Å². The van der Waals surface area contributed by atoms with Gasteiger partial charge in [-0.1, -0.05) is 6.92 Å². The third kappa shape index (κ3) is 2.26. The molecular formula is C13H19N3O. The minimum atomic E-state index is -0.250. The second kappa shape index (κ2) is 4.75. The lowest BCUT2D eigenvalue weighted by molar-refractivity contribution is 0.431. The van der Waals surface area contributed by atoms with Crippen molar-refractivity contribution in [1.29, 1.82) is 0 Å². The molecule has 1 atom stereocenters. The number of aryl methyl sites for hydroxylation is 1.